The van der Waals surface area contributed by atoms with Crippen LogP contribution < -0.4 is 15.0 Å². The van der Waals surface area contributed by atoms with Gasteiger partial charge in [-0.1, -0.05) is 38.1 Å². The highest BCUT2D eigenvalue weighted by Crippen LogP contribution is 2.34. The molecule has 0 aliphatic heterocycles. The third-order valence-electron chi connectivity index (χ3n) is 5.59. The van der Waals surface area contributed by atoms with Crippen LogP contribution in [-0.2, 0) is 6.18 Å². The molecule has 0 saturated carbocycles. The van der Waals surface area contributed by atoms with E-state index in [1.165, 1.54) is 27.9 Å². The van der Waals surface area contributed by atoms with Crippen LogP contribution in [0.5, 0.6) is 11.5 Å². The molecule has 0 aliphatic rings. The van der Waals surface area contributed by atoms with E-state index in [1.807, 2.05) is 12.1 Å². The number of hydrogen-bond acceptors (Lipinski definition) is 5. The summed E-state index contributed by atoms with van der Waals surface area (Å²) >= 11 is 1.29. The summed E-state index contributed by atoms with van der Waals surface area (Å²) in [4.78, 5) is 18.4. The van der Waals surface area contributed by atoms with E-state index in [4.69, 9.17) is 9.47 Å². The number of ether oxygens (including phenoxy) is 2. The van der Waals surface area contributed by atoms with Gasteiger partial charge in [-0.15, -0.1) is 11.3 Å². The molecule has 0 radical (unpaired) electrons. The number of thiazole rings is 1. The van der Waals surface area contributed by atoms with Crippen molar-refractivity contribution in [1.82, 2.24) is 9.38 Å². The summed E-state index contributed by atoms with van der Waals surface area (Å²) in [6.45, 7) is 4.73. The predicted octanol–water partition coefficient (Wildman–Crippen LogP) is 7.05. The van der Waals surface area contributed by atoms with Crippen LogP contribution in [0.4, 0.5) is 13.2 Å². The Labute approximate surface area is 210 Å². The molecule has 5 nitrogen and oxygen atoms in total. The fourth-order valence-electron chi connectivity index (χ4n) is 3.66. The molecule has 0 bridgehead atoms. The van der Waals surface area contributed by atoms with E-state index in [-0.39, 0.29) is 11.1 Å². The number of hydrogen-bond donors (Lipinski definition) is 0. The van der Waals surface area contributed by atoms with E-state index in [0.29, 0.717) is 40.2 Å². The van der Waals surface area contributed by atoms with Crippen LogP contribution in [0.15, 0.2) is 58.8 Å². The van der Waals surface area contributed by atoms with E-state index in [9.17, 15) is 18.0 Å². The van der Waals surface area contributed by atoms with Crippen LogP contribution in [-0.4, -0.2) is 23.1 Å². The number of halogens is 3. The minimum atomic E-state index is -4.47. The fourth-order valence-corrected chi connectivity index (χ4v) is 4.37. The lowest BCUT2D eigenvalue weighted by atomic mass is 10.0. The maximum Gasteiger partial charge on any atom is 0.416 e. The smallest absolute Gasteiger partial charge is 0.416 e. The molecule has 4 rings (SSSR count). The van der Waals surface area contributed by atoms with Gasteiger partial charge >= 0.3 is 6.18 Å². The zero-order chi connectivity index (χ0) is 25.9. The summed E-state index contributed by atoms with van der Waals surface area (Å²) in [6, 6.07) is 10.0. The molecule has 9 heteroatoms. The molecule has 0 aliphatic carbocycles. The Morgan fingerprint density at radius 2 is 1.86 bits per heavy atom. The Kier molecular flexibility index (Phi) is 7.49. The molecule has 2 aromatic heterocycles. The average Bonchev–Trinajstić information content (AvgIpc) is 3.31. The minimum Gasteiger partial charge on any atom is -0.493 e. The van der Waals surface area contributed by atoms with Gasteiger partial charge in [-0.2, -0.15) is 13.2 Å². The number of benzene rings is 2. The summed E-state index contributed by atoms with van der Waals surface area (Å²) in [7, 11) is 1.56. The van der Waals surface area contributed by atoms with Crippen LogP contribution in [0.3, 0.4) is 0 Å². The molecule has 0 saturated heterocycles. The highest BCUT2D eigenvalue weighted by molar-refractivity contribution is 7.15. The largest absolute Gasteiger partial charge is 0.493 e. The van der Waals surface area contributed by atoms with Crippen molar-refractivity contribution in [1.29, 1.82) is 0 Å². The molecule has 0 fully saturated rings. The average molecular weight is 515 g/mol. The van der Waals surface area contributed by atoms with Crippen molar-refractivity contribution in [3.8, 4) is 22.6 Å². The van der Waals surface area contributed by atoms with Gasteiger partial charge in [-0.25, -0.2) is 4.98 Å². The van der Waals surface area contributed by atoms with Crippen LogP contribution in [0.1, 0.15) is 37.1 Å². The maximum absolute atomic E-state index is 13.3. The first kappa shape index (κ1) is 25.5. The Morgan fingerprint density at radius 1 is 1.11 bits per heavy atom. The molecule has 36 heavy (non-hydrogen) atoms. The number of methoxy groups -OCH3 is 1. The van der Waals surface area contributed by atoms with Gasteiger partial charge in [-0.05, 0) is 48.3 Å². The van der Waals surface area contributed by atoms with Crippen LogP contribution in [0.2, 0.25) is 0 Å². The Hall–Kier alpha value is -3.59. The minimum absolute atomic E-state index is 0.209. The van der Waals surface area contributed by atoms with Gasteiger partial charge in [-0.3, -0.25) is 9.20 Å². The van der Waals surface area contributed by atoms with Gasteiger partial charge in [0.05, 0.1) is 30.5 Å². The van der Waals surface area contributed by atoms with Gasteiger partial charge in [0.2, 0.25) is 0 Å². The highest BCUT2D eigenvalue weighted by atomic mass is 32.1. The first-order valence-corrected chi connectivity index (χ1v) is 12.2. The summed E-state index contributed by atoms with van der Waals surface area (Å²) in [5.41, 5.74) is 0.482. The van der Waals surface area contributed by atoms with E-state index in [1.54, 1.807) is 36.9 Å². The van der Waals surface area contributed by atoms with Crippen molar-refractivity contribution in [2.75, 3.05) is 13.7 Å². The van der Waals surface area contributed by atoms with Gasteiger partial charge in [0.15, 0.2) is 16.5 Å². The number of fused-ring (bicyclic) bond motifs is 1. The normalized spacial score (nSPS) is 12.1. The van der Waals surface area contributed by atoms with Crippen molar-refractivity contribution in [3.05, 3.63) is 81.2 Å². The maximum atomic E-state index is 13.3. The van der Waals surface area contributed by atoms with Crippen molar-refractivity contribution in [2.45, 2.75) is 26.4 Å². The standard InChI is InChI=1S/C27H25F3N2O3S/c1-17(2)13-15-35-24-19(5-4-6-22(24)34-3)9-12-21-23(25(33)32-14-16-36-26(32)31-21)18-7-10-20(11-8-18)27(28,29)30/h4-12,14,16-17H,13,15H2,1-3H3. The molecule has 0 N–H and O–H groups in total. The number of rotatable bonds is 8. The van der Waals surface area contributed by atoms with E-state index >= 15 is 0 Å². The van der Waals surface area contributed by atoms with E-state index in [2.05, 4.69) is 18.8 Å². The topological polar surface area (TPSA) is 52.8 Å². The quantitative estimate of drug-likeness (QED) is 0.253. The second kappa shape index (κ2) is 10.6. The Bertz CT molecular complexity index is 1440. The van der Waals surface area contributed by atoms with Crippen molar-refractivity contribution < 1.29 is 22.6 Å². The molecule has 0 unspecified atom stereocenters. The van der Waals surface area contributed by atoms with Gasteiger partial charge in [0.1, 0.15) is 0 Å². The highest BCUT2D eigenvalue weighted by Gasteiger charge is 2.30. The molecule has 2 heterocycles. The predicted molar refractivity (Wildman–Crippen MR) is 137 cm³/mol. The Morgan fingerprint density at radius 3 is 2.53 bits per heavy atom. The lowest BCUT2D eigenvalue weighted by Crippen LogP contribution is -2.17. The van der Waals surface area contributed by atoms with Gasteiger partial charge < -0.3 is 9.47 Å². The monoisotopic (exact) mass is 514 g/mol. The van der Waals surface area contributed by atoms with E-state index in [0.717, 1.165) is 24.1 Å². The summed E-state index contributed by atoms with van der Waals surface area (Å²) in [5, 5.41) is 1.73. The summed E-state index contributed by atoms with van der Waals surface area (Å²) < 4.78 is 52.1. The van der Waals surface area contributed by atoms with Crippen molar-refractivity contribution in [2.24, 2.45) is 5.92 Å². The van der Waals surface area contributed by atoms with Crippen molar-refractivity contribution in [3.63, 3.8) is 0 Å². The zero-order valence-electron chi connectivity index (χ0n) is 20.0. The lowest BCUT2D eigenvalue weighted by molar-refractivity contribution is -0.137. The molecule has 0 atom stereocenters. The summed E-state index contributed by atoms with van der Waals surface area (Å²) in [6.07, 6.45) is 1.45. The number of alkyl halides is 3. The van der Waals surface area contributed by atoms with Crippen LogP contribution >= 0.6 is 11.3 Å². The third-order valence-corrected chi connectivity index (χ3v) is 6.34. The molecule has 0 spiro atoms. The van der Waals surface area contributed by atoms with E-state index < -0.39 is 11.7 Å². The fraction of sp³-hybridized carbons (Fsp3) is 0.259. The molecule has 4 aromatic rings. The van der Waals surface area contributed by atoms with Gasteiger partial charge in [0, 0.05) is 17.1 Å². The molecule has 0 amide bonds. The molecule has 188 valence electrons. The number of aromatic nitrogens is 2. The zero-order valence-corrected chi connectivity index (χ0v) is 20.8. The first-order chi connectivity index (χ1) is 17.2. The van der Waals surface area contributed by atoms with Crippen molar-refractivity contribution >= 4 is 28.4 Å². The second-order valence-corrected chi connectivity index (χ2v) is 9.42. The number of nitrogens with zero attached hydrogens (tertiary/aromatic N) is 2. The lowest BCUT2D eigenvalue weighted by Gasteiger charge is -2.14. The Balaban J connectivity index is 1.79. The molecule has 2 aromatic carbocycles. The third kappa shape index (κ3) is 5.46. The SMILES string of the molecule is COc1cccc(C=Cc2nc3sccn3c(=O)c2-c2ccc(C(F)(F)F)cc2)c1OCCC(C)C. The van der Waals surface area contributed by atoms with Gasteiger partial charge in [0.25, 0.3) is 5.56 Å². The first-order valence-electron chi connectivity index (χ1n) is 11.3. The second-order valence-electron chi connectivity index (χ2n) is 8.55. The molecular formula is C27H25F3N2O3S. The van der Waals surface area contributed by atoms with Crippen LogP contribution in [0.25, 0.3) is 28.2 Å². The number of para-hydroxylation sites is 1. The van der Waals surface area contributed by atoms with Crippen LogP contribution in [0, 0.1) is 5.92 Å². The molecular weight excluding hydrogens is 489 g/mol. The summed E-state index contributed by atoms with van der Waals surface area (Å²) in [5.74, 6) is 1.62.